The summed E-state index contributed by atoms with van der Waals surface area (Å²) in [5, 5.41) is 10.2. The lowest BCUT2D eigenvalue weighted by atomic mass is 10.1. The number of aliphatic hydroxyl groups excluding tert-OH is 1. The zero-order valence-electron chi connectivity index (χ0n) is 9.50. The standard InChI is InChI=1S/C12H12Cl2INO2/c13-7-4-9(11(15)10(14)5-7)12(18)16-3-1-2-8(16)6-17/h4-5,8,17H,1-3,6H2/t8-/m0/s1. The Labute approximate surface area is 129 Å². The molecule has 0 saturated carbocycles. The van der Waals surface area contributed by atoms with Crippen LogP contribution in [0.1, 0.15) is 23.2 Å². The summed E-state index contributed by atoms with van der Waals surface area (Å²) in [5.41, 5.74) is 0.508. The lowest BCUT2D eigenvalue weighted by molar-refractivity contribution is 0.0676. The lowest BCUT2D eigenvalue weighted by Crippen LogP contribution is -2.38. The van der Waals surface area contributed by atoms with Crippen LogP contribution in [0.15, 0.2) is 12.1 Å². The Morgan fingerprint density at radius 3 is 2.89 bits per heavy atom. The highest BCUT2D eigenvalue weighted by atomic mass is 127. The number of aliphatic hydroxyl groups is 1. The minimum atomic E-state index is -0.111. The summed E-state index contributed by atoms with van der Waals surface area (Å²) in [6.07, 6.45) is 1.76. The largest absolute Gasteiger partial charge is 0.394 e. The predicted octanol–water partition coefficient (Wildman–Crippen LogP) is 3.19. The molecule has 6 heteroatoms. The number of halogens is 3. The van der Waals surface area contributed by atoms with Gasteiger partial charge in [-0.2, -0.15) is 0 Å². The third-order valence-corrected chi connectivity index (χ3v) is 5.07. The van der Waals surface area contributed by atoms with Crippen LogP contribution in [0.2, 0.25) is 10.0 Å². The van der Waals surface area contributed by atoms with Crippen molar-refractivity contribution in [2.45, 2.75) is 18.9 Å². The van der Waals surface area contributed by atoms with Crippen molar-refractivity contribution in [3.8, 4) is 0 Å². The molecule has 2 rings (SSSR count). The Kier molecular flexibility index (Phi) is 4.75. The number of carbonyl (C=O) groups is 1. The number of benzene rings is 1. The number of hydrogen-bond acceptors (Lipinski definition) is 2. The van der Waals surface area contributed by atoms with Gasteiger partial charge in [-0.25, -0.2) is 0 Å². The molecule has 1 N–H and O–H groups in total. The zero-order chi connectivity index (χ0) is 13.3. The molecule has 1 heterocycles. The molecule has 1 saturated heterocycles. The minimum absolute atomic E-state index is 0.00336. The van der Waals surface area contributed by atoms with Gasteiger partial charge in [0.05, 0.1) is 23.2 Å². The highest BCUT2D eigenvalue weighted by Crippen LogP contribution is 2.29. The molecule has 1 amide bonds. The van der Waals surface area contributed by atoms with Gasteiger partial charge in [0.15, 0.2) is 0 Å². The maximum absolute atomic E-state index is 12.4. The van der Waals surface area contributed by atoms with Gasteiger partial charge in [0, 0.05) is 15.1 Å². The summed E-state index contributed by atoms with van der Waals surface area (Å²) in [4.78, 5) is 14.1. The monoisotopic (exact) mass is 399 g/mol. The molecule has 1 aliphatic rings. The van der Waals surface area contributed by atoms with Crippen molar-refractivity contribution in [3.63, 3.8) is 0 Å². The van der Waals surface area contributed by atoms with E-state index in [-0.39, 0.29) is 18.6 Å². The first-order chi connectivity index (χ1) is 8.54. The second-order valence-corrected chi connectivity index (χ2v) is 6.15. The minimum Gasteiger partial charge on any atom is -0.394 e. The van der Waals surface area contributed by atoms with Crippen molar-refractivity contribution in [1.82, 2.24) is 4.90 Å². The van der Waals surface area contributed by atoms with Crippen LogP contribution in [-0.4, -0.2) is 35.1 Å². The van der Waals surface area contributed by atoms with Crippen molar-refractivity contribution in [1.29, 1.82) is 0 Å². The number of nitrogens with zero attached hydrogens (tertiary/aromatic N) is 1. The Morgan fingerprint density at radius 2 is 2.22 bits per heavy atom. The number of carbonyl (C=O) groups excluding carboxylic acids is 1. The molecule has 1 aromatic rings. The molecule has 1 aliphatic heterocycles. The smallest absolute Gasteiger partial charge is 0.255 e. The van der Waals surface area contributed by atoms with Gasteiger partial charge in [0.1, 0.15) is 0 Å². The van der Waals surface area contributed by atoms with Gasteiger partial charge < -0.3 is 10.0 Å². The molecular formula is C12H12Cl2INO2. The van der Waals surface area contributed by atoms with Crippen molar-refractivity contribution in [3.05, 3.63) is 31.3 Å². The zero-order valence-corrected chi connectivity index (χ0v) is 13.2. The van der Waals surface area contributed by atoms with Gasteiger partial charge in [-0.3, -0.25) is 4.79 Å². The Balaban J connectivity index is 2.34. The summed E-state index contributed by atoms with van der Waals surface area (Å²) in [5.74, 6) is -0.111. The van der Waals surface area contributed by atoms with E-state index in [1.165, 1.54) is 0 Å². The highest BCUT2D eigenvalue weighted by molar-refractivity contribution is 14.1. The average molecular weight is 400 g/mol. The number of amides is 1. The van der Waals surface area contributed by atoms with E-state index in [0.717, 1.165) is 12.8 Å². The molecule has 98 valence electrons. The van der Waals surface area contributed by atoms with E-state index >= 15 is 0 Å². The summed E-state index contributed by atoms with van der Waals surface area (Å²) in [6.45, 7) is 0.668. The van der Waals surface area contributed by atoms with Crippen LogP contribution in [0, 0.1) is 3.57 Å². The quantitative estimate of drug-likeness (QED) is 0.612. The summed E-state index contributed by atoms with van der Waals surface area (Å²) < 4.78 is 0.701. The van der Waals surface area contributed by atoms with Crippen LogP contribution in [-0.2, 0) is 0 Å². The lowest BCUT2D eigenvalue weighted by Gasteiger charge is -2.23. The van der Waals surface area contributed by atoms with Crippen LogP contribution < -0.4 is 0 Å². The van der Waals surface area contributed by atoms with E-state index in [1.54, 1.807) is 17.0 Å². The maximum atomic E-state index is 12.4. The fraction of sp³-hybridized carbons (Fsp3) is 0.417. The topological polar surface area (TPSA) is 40.5 Å². The van der Waals surface area contributed by atoms with Gasteiger partial charge in [0.25, 0.3) is 5.91 Å². The van der Waals surface area contributed by atoms with Gasteiger partial charge in [0.2, 0.25) is 0 Å². The molecular weight excluding hydrogens is 388 g/mol. The molecule has 0 aliphatic carbocycles. The van der Waals surface area contributed by atoms with Crippen molar-refractivity contribution >= 4 is 51.7 Å². The van der Waals surface area contributed by atoms with Crippen LogP contribution in [0.3, 0.4) is 0 Å². The molecule has 18 heavy (non-hydrogen) atoms. The third kappa shape index (κ3) is 2.76. The van der Waals surface area contributed by atoms with Crippen LogP contribution in [0.4, 0.5) is 0 Å². The molecule has 1 atom stereocenters. The molecule has 0 unspecified atom stereocenters. The van der Waals surface area contributed by atoms with Gasteiger partial charge in [-0.05, 0) is 47.6 Å². The van der Waals surface area contributed by atoms with E-state index in [4.69, 9.17) is 23.2 Å². The van der Waals surface area contributed by atoms with E-state index < -0.39 is 0 Å². The first-order valence-electron chi connectivity index (χ1n) is 5.61. The molecule has 0 radical (unpaired) electrons. The van der Waals surface area contributed by atoms with E-state index in [2.05, 4.69) is 0 Å². The first kappa shape index (κ1) is 14.4. The highest BCUT2D eigenvalue weighted by Gasteiger charge is 2.30. The van der Waals surface area contributed by atoms with Gasteiger partial charge in [-0.1, -0.05) is 23.2 Å². The third-order valence-electron chi connectivity index (χ3n) is 3.07. The van der Waals surface area contributed by atoms with Crippen molar-refractivity contribution in [2.75, 3.05) is 13.2 Å². The Hall–Kier alpha value is -0.0400. The molecule has 0 spiro atoms. The molecule has 3 nitrogen and oxygen atoms in total. The second kappa shape index (κ2) is 5.94. The maximum Gasteiger partial charge on any atom is 0.255 e. The molecule has 1 fully saturated rings. The van der Waals surface area contributed by atoms with Crippen molar-refractivity contribution < 1.29 is 9.90 Å². The average Bonchev–Trinajstić information content (AvgIpc) is 2.81. The summed E-state index contributed by atoms with van der Waals surface area (Å²) in [6, 6.07) is 3.16. The fourth-order valence-electron chi connectivity index (χ4n) is 2.16. The van der Waals surface area contributed by atoms with Gasteiger partial charge in [-0.15, -0.1) is 0 Å². The van der Waals surface area contributed by atoms with Gasteiger partial charge >= 0.3 is 0 Å². The number of rotatable bonds is 2. The van der Waals surface area contributed by atoms with Crippen LogP contribution in [0.25, 0.3) is 0 Å². The molecule has 0 aromatic heterocycles. The van der Waals surface area contributed by atoms with Crippen molar-refractivity contribution in [2.24, 2.45) is 0 Å². The Morgan fingerprint density at radius 1 is 1.50 bits per heavy atom. The SMILES string of the molecule is O=C(c1cc(Cl)cc(Cl)c1I)N1CCC[C@H]1CO. The molecule has 0 bridgehead atoms. The fourth-order valence-corrected chi connectivity index (χ4v) is 3.19. The summed E-state index contributed by atoms with van der Waals surface area (Å²) >= 11 is 14.0. The Bertz CT molecular complexity index is 481. The second-order valence-electron chi connectivity index (χ2n) is 4.23. The van der Waals surface area contributed by atoms with Crippen LogP contribution in [0.5, 0.6) is 0 Å². The normalized spacial score (nSPS) is 19.3. The van der Waals surface area contributed by atoms with E-state index in [1.807, 2.05) is 22.6 Å². The first-order valence-corrected chi connectivity index (χ1v) is 7.44. The predicted molar refractivity (Wildman–Crippen MR) is 80.3 cm³/mol. The number of hydrogen-bond donors (Lipinski definition) is 1. The van der Waals surface area contributed by atoms with E-state index in [0.29, 0.717) is 25.7 Å². The van der Waals surface area contributed by atoms with Crippen LogP contribution >= 0.6 is 45.8 Å². The molecule has 1 aromatic carbocycles. The van der Waals surface area contributed by atoms with E-state index in [9.17, 15) is 9.90 Å². The summed E-state index contributed by atoms with van der Waals surface area (Å²) in [7, 11) is 0. The number of likely N-dealkylation sites (tertiary alicyclic amines) is 1.